The summed E-state index contributed by atoms with van der Waals surface area (Å²) in [6.45, 7) is 0. The van der Waals surface area contributed by atoms with E-state index in [9.17, 15) is 0 Å². The molecule has 184 valence electrons. The number of furan rings is 1. The Morgan fingerprint density at radius 1 is 0.641 bits per heavy atom. The van der Waals surface area contributed by atoms with Gasteiger partial charge in [-0.3, -0.25) is 4.98 Å². The molecule has 0 spiro atoms. The number of aromatic nitrogens is 3. The molecule has 0 aliphatic heterocycles. The van der Waals surface area contributed by atoms with Gasteiger partial charge in [-0.2, -0.15) is 0 Å². The molecule has 0 unspecified atom stereocenters. The number of nitrogens with zero attached hydrogens (tertiary/aromatic N) is 3. The van der Waals surface area contributed by atoms with Crippen LogP contribution in [0.4, 0.5) is 0 Å². The minimum atomic E-state index is 0.833. The molecule has 8 aromatic rings. The van der Waals surface area contributed by atoms with Crippen LogP contribution in [0.2, 0.25) is 0 Å². The van der Waals surface area contributed by atoms with Crippen LogP contribution in [-0.2, 0) is 0 Å². The molecule has 0 atom stereocenters. The molecule has 39 heavy (non-hydrogen) atoms. The Morgan fingerprint density at radius 3 is 2.46 bits per heavy atom. The Hall–Kier alpha value is -5.00. The highest BCUT2D eigenvalue weighted by Crippen LogP contribution is 2.37. The van der Waals surface area contributed by atoms with E-state index in [2.05, 4.69) is 101 Å². The van der Waals surface area contributed by atoms with Crippen LogP contribution in [0.1, 0.15) is 0 Å². The van der Waals surface area contributed by atoms with Crippen LogP contribution in [0.15, 0.2) is 132 Å². The van der Waals surface area contributed by atoms with E-state index in [0.717, 1.165) is 49.9 Å². The fourth-order valence-corrected chi connectivity index (χ4v) is 6.33. The molecule has 0 bridgehead atoms. The van der Waals surface area contributed by atoms with Gasteiger partial charge in [0.05, 0.1) is 33.2 Å². The predicted octanol–water partition coefficient (Wildman–Crippen LogP) is 9.38. The van der Waals surface area contributed by atoms with Crippen molar-refractivity contribution < 1.29 is 4.42 Å². The van der Waals surface area contributed by atoms with E-state index in [1.54, 1.807) is 17.6 Å². The van der Waals surface area contributed by atoms with Crippen molar-refractivity contribution in [3.8, 4) is 38.8 Å². The van der Waals surface area contributed by atoms with Crippen molar-refractivity contribution in [3.05, 3.63) is 128 Å². The standard InChI is InChI=1S/C34H21N3OS/c1-3-11-30-26(9-1)27-15-14-24(34-36-28-10-2-4-13-33(28)39-34)21-31(27)37(30)25-8-5-7-22(19-25)29-20-23(16-17-35-29)32-12-6-18-38-32/h1-21H. The van der Waals surface area contributed by atoms with Gasteiger partial charge in [0, 0.05) is 39.3 Å². The maximum atomic E-state index is 5.62. The lowest BCUT2D eigenvalue weighted by Gasteiger charge is -2.11. The molecule has 0 aliphatic carbocycles. The Morgan fingerprint density at radius 2 is 1.54 bits per heavy atom. The molecule has 5 heteroatoms. The van der Waals surface area contributed by atoms with E-state index in [4.69, 9.17) is 9.40 Å². The molecule has 0 N–H and O–H groups in total. The zero-order valence-corrected chi connectivity index (χ0v) is 21.6. The molecule has 4 nitrogen and oxygen atoms in total. The lowest BCUT2D eigenvalue weighted by Crippen LogP contribution is -1.95. The van der Waals surface area contributed by atoms with E-state index in [1.165, 1.54) is 21.0 Å². The summed E-state index contributed by atoms with van der Waals surface area (Å²) >= 11 is 1.73. The van der Waals surface area contributed by atoms with E-state index < -0.39 is 0 Å². The Balaban J connectivity index is 1.31. The summed E-state index contributed by atoms with van der Waals surface area (Å²) in [4.78, 5) is 9.61. The average Bonchev–Trinajstić information content (AvgIpc) is 3.75. The second-order valence-corrected chi connectivity index (χ2v) is 10.6. The summed E-state index contributed by atoms with van der Waals surface area (Å²) in [5, 5.41) is 3.48. The highest BCUT2D eigenvalue weighted by atomic mass is 32.1. The van der Waals surface area contributed by atoms with Gasteiger partial charge in [0.2, 0.25) is 0 Å². The topological polar surface area (TPSA) is 43.9 Å². The van der Waals surface area contributed by atoms with Crippen LogP contribution in [0.25, 0.3) is 70.9 Å². The highest BCUT2D eigenvalue weighted by Gasteiger charge is 2.15. The zero-order valence-electron chi connectivity index (χ0n) is 20.8. The van der Waals surface area contributed by atoms with Crippen molar-refractivity contribution in [2.45, 2.75) is 0 Å². The second-order valence-electron chi connectivity index (χ2n) is 9.53. The average molecular weight is 520 g/mol. The van der Waals surface area contributed by atoms with Crippen molar-refractivity contribution in [3.63, 3.8) is 0 Å². The number of fused-ring (bicyclic) bond motifs is 4. The van der Waals surface area contributed by atoms with Gasteiger partial charge >= 0.3 is 0 Å². The van der Waals surface area contributed by atoms with Crippen LogP contribution in [0.3, 0.4) is 0 Å². The molecule has 4 aromatic carbocycles. The van der Waals surface area contributed by atoms with Crippen molar-refractivity contribution >= 4 is 43.4 Å². The molecule has 8 rings (SSSR count). The van der Waals surface area contributed by atoms with Crippen LogP contribution in [-0.4, -0.2) is 14.5 Å². The lowest BCUT2D eigenvalue weighted by atomic mass is 10.1. The molecule has 4 aromatic heterocycles. The maximum Gasteiger partial charge on any atom is 0.133 e. The van der Waals surface area contributed by atoms with Crippen LogP contribution >= 0.6 is 11.3 Å². The van der Waals surface area contributed by atoms with Gasteiger partial charge in [-0.05, 0) is 60.7 Å². The second kappa shape index (κ2) is 8.79. The Labute approximate surface area is 228 Å². The number of thiazole rings is 1. The number of para-hydroxylation sites is 2. The fraction of sp³-hybridized carbons (Fsp3) is 0. The summed E-state index contributed by atoms with van der Waals surface area (Å²) in [5.41, 5.74) is 8.53. The largest absolute Gasteiger partial charge is 0.464 e. The summed E-state index contributed by atoms with van der Waals surface area (Å²) < 4.78 is 9.17. The molecule has 0 saturated carbocycles. The number of rotatable bonds is 4. The van der Waals surface area contributed by atoms with Crippen molar-refractivity contribution in [2.24, 2.45) is 0 Å². The SMILES string of the molecule is c1cc(-c2cc(-c3ccco3)ccn2)cc(-n2c3ccccc3c3ccc(-c4nc5ccccc5s4)cc32)c1. The fourth-order valence-electron chi connectivity index (χ4n) is 5.37. The van der Waals surface area contributed by atoms with Gasteiger partial charge in [-0.1, -0.05) is 54.6 Å². The molecule has 0 amide bonds. The first-order chi connectivity index (χ1) is 19.3. The maximum absolute atomic E-state index is 5.62. The monoisotopic (exact) mass is 519 g/mol. The molecule has 0 aliphatic rings. The number of hydrogen-bond acceptors (Lipinski definition) is 4. The summed E-state index contributed by atoms with van der Waals surface area (Å²) in [6.07, 6.45) is 3.53. The molecule has 4 heterocycles. The van der Waals surface area contributed by atoms with Crippen LogP contribution in [0.5, 0.6) is 0 Å². The van der Waals surface area contributed by atoms with Crippen molar-refractivity contribution in [1.29, 1.82) is 0 Å². The molecule has 0 radical (unpaired) electrons. The Kier molecular flexibility index (Phi) is 4.96. The van der Waals surface area contributed by atoms with Gasteiger partial charge in [-0.25, -0.2) is 4.98 Å². The lowest BCUT2D eigenvalue weighted by molar-refractivity contribution is 0.582. The first-order valence-electron chi connectivity index (χ1n) is 12.8. The molecule has 0 fully saturated rings. The summed E-state index contributed by atoms with van der Waals surface area (Å²) in [5.74, 6) is 0.833. The van der Waals surface area contributed by atoms with E-state index in [1.807, 2.05) is 30.5 Å². The van der Waals surface area contributed by atoms with Gasteiger partial charge in [-0.15, -0.1) is 11.3 Å². The number of pyridine rings is 1. The molecular formula is C34H21N3OS. The van der Waals surface area contributed by atoms with E-state index >= 15 is 0 Å². The predicted molar refractivity (Wildman–Crippen MR) is 160 cm³/mol. The quantitative estimate of drug-likeness (QED) is 0.233. The Bertz CT molecular complexity index is 2100. The highest BCUT2D eigenvalue weighted by molar-refractivity contribution is 7.21. The molecule has 0 saturated heterocycles. The van der Waals surface area contributed by atoms with E-state index in [0.29, 0.717) is 0 Å². The minimum absolute atomic E-state index is 0.833. The summed E-state index contributed by atoms with van der Waals surface area (Å²) in [6, 6.07) is 40.1. The van der Waals surface area contributed by atoms with E-state index in [-0.39, 0.29) is 0 Å². The summed E-state index contributed by atoms with van der Waals surface area (Å²) in [7, 11) is 0. The third kappa shape index (κ3) is 3.67. The normalized spacial score (nSPS) is 11.6. The van der Waals surface area contributed by atoms with Gasteiger partial charge in [0.25, 0.3) is 0 Å². The third-order valence-electron chi connectivity index (χ3n) is 7.18. The number of benzene rings is 4. The molecular weight excluding hydrogens is 498 g/mol. The minimum Gasteiger partial charge on any atom is -0.464 e. The van der Waals surface area contributed by atoms with Crippen LogP contribution < -0.4 is 0 Å². The number of hydrogen-bond donors (Lipinski definition) is 0. The third-order valence-corrected chi connectivity index (χ3v) is 8.27. The smallest absolute Gasteiger partial charge is 0.133 e. The zero-order chi connectivity index (χ0) is 25.8. The van der Waals surface area contributed by atoms with Gasteiger partial charge in [0.15, 0.2) is 0 Å². The van der Waals surface area contributed by atoms with Crippen molar-refractivity contribution in [1.82, 2.24) is 14.5 Å². The first-order valence-corrected chi connectivity index (χ1v) is 13.6. The first kappa shape index (κ1) is 22.0. The van der Waals surface area contributed by atoms with Crippen molar-refractivity contribution in [2.75, 3.05) is 0 Å². The van der Waals surface area contributed by atoms with Crippen LogP contribution in [0, 0.1) is 0 Å². The van der Waals surface area contributed by atoms with Gasteiger partial charge < -0.3 is 8.98 Å². The van der Waals surface area contributed by atoms with Gasteiger partial charge in [0.1, 0.15) is 10.8 Å².